The van der Waals surface area contributed by atoms with E-state index in [9.17, 15) is 0 Å². The van der Waals surface area contributed by atoms with E-state index in [0.29, 0.717) is 0 Å². The van der Waals surface area contributed by atoms with Crippen LogP contribution in [0.1, 0.15) is 32.3 Å². The Morgan fingerprint density at radius 3 is 2.70 bits per heavy atom. The molecule has 0 unspecified atom stereocenters. The lowest BCUT2D eigenvalue weighted by Crippen LogP contribution is -2.38. The second kappa shape index (κ2) is 7.41. The molecule has 0 saturated carbocycles. The Morgan fingerprint density at radius 1 is 1.40 bits per heavy atom. The predicted octanol–water partition coefficient (Wildman–Crippen LogP) is 3.61. The first-order chi connectivity index (χ1) is 9.56. The van der Waals surface area contributed by atoms with Crippen molar-refractivity contribution in [3.05, 3.63) is 22.3 Å². The number of piperidine rings is 1. The standard InChI is InChI=1S/C16H26BrN3/c1-12(2)9-18-10-14-4-6-20(7-5-14)16-13(3)8-15(17)11-19-16/h8,11-12,14,18H,4-7,9-10H2,1-3H3. The molecule has 1 N–H and O–H groups in total. The van der Waals surface area contributed by atoms with Gasteiger partial charge in [0.1, 0.15) is 5.82 Å². The molecule has 0 atom stereocenters. The molecular weight excluding hydrogens is 314 g/mol. The Bertz CT molecular complexity index is 426. The predicted molar refractivity (Wildman–Crippen MR) is 89.3 cm³/mol. The van der Waals surface area contributed by atoms with Crippen molar-refractivity contribution in [2.24, 2.45) is 11.8 Å². The highest BCUT2D eigenvalue weighted by molar-refractivity contribution is 9.10. The summed E-state index contributed by atoms with van der Waals surface area (Å²) in [5.74, 6) is 2.72. The molecule has 1 fully saturated rings. The second-order valence-corrected chi connectivity index (χ2v) is 7.19. The van der Waals surface area contributed by atoms with E-state index in [-0.39, 0.29) is 0 Å². The fourth-order valence-electron chi connectivity index (χ4n) is 2.79. The molecule has 4 heteroatoms. The molecule has 1 saturated heterocycles. The van der Waals surface area contributed by atoms with Crippen molar-refractivity contribution in [1.82, 2.24) is 10.3 Å². The summed E-state index contributed by atoms with van der Waals surface area (Å²) in [6, 6.07) is 2.15. The first-order valence-corrected chi connectivity index (χ1v) is 8.43. The average molecular weight is 340 g/mol. The number of nitrogens with zero attached hydrogens (tertiary/aromatic N) is 2. The van der Waals surface area contributed by atoms with Crippen LogP contribution < -0.4 is 10.2 Å². The van der Waals surface area contributed by atoms with E-state index < -0.39 is 0 Å². The minimum atomic E-state index is 0.740. The van der Waals surface area contributed by atoms with Gasteiger partial charge in [-0.25, -0.2) is 4.98 Å². The van der Waals surface area contributed by atoms with Gasteiger partial charge in [-0.05, 0) is 72.3 Å². The molecule has 20 heavy (non-hydrogen) atoms. The van der Waals surface area contributed by atoms with Crippen LogP contribution >= 0.6 is 15.9 Å². The maximum absolute atomic E-state index is 4.58. The van der Waals surface area contributed by atoms with Crippen LogP contribution in [-0.2, 0) is 0 Å². The lowest BCUT2D eigenvalue weighted by Gasteiger charge is -2.33. The minimum Gasteiger partial charge on any atom is -0.356 e. The third-order valence-corrected chi connectivity index (χ3v) is 4.35. The van der Waals surface area contributed by atoms with Crippen molar-refractivity contribution in [1.29, 1.82) is 0 Å². The Labute approximate surface area is 131 Å². The van der Waals surface area contributed by atoms with E-state index in [1.54, 1.807) is 0 Å². The van der Waals surface area contributed by atoms with E-state index in [0.717, 1.165) is 41.8 Å². The van der Waals surface area contributed by atoms with Crippen LogP contribution in [-0.4, -0.2) is 31.2 Å². The zero-order chi connectivity index (χ0) is 14.5. The highest BCUT2D eigenvalue weighted by Crippen LogP contribution is 2.25. The summed E-state index contributed by atoms with van der Waals surface area (Å²) in [6.07, 6.45) is 4.43. The van der Waals surface area contributed by atoms with Crippen LogP contribution in [0.15, 0.2) is 16.7 Å². The zero-order valence-electron chi connectivity index (χ0n) is 12.8. The van der Waals surface area contributed by atoms with Gasteiger partial charge in [0.15, 0.2) is 0 Å². The van der Waals surface area contributed by atoms with Crippen molar-refractivity contribution in [3.63, 3.8) is 0 Å². The first kappa shape index (κ1) is 15.8. The van der Waals surface area contributed by atoms with Gasteiger partial charge in [-0.3, -0.25) is 0 Å². The van der Waals surface area contributed by atoms with Gasteiger partial charge in [0.05, 0.1) is 0 Å². The Balaban J connectivity index is 1.82. The number of aryl methyl sites for hydroxylation is 1. The Morgan fingerprint density at radius 2 is 2.10 bits per heavy atom. The molecule has 3 nitrogen and oxygen atoms in total. The molecule has 1 aliphatic rings. The maximum atomic E-state index is 4.58. The Hall–Kier alpha value is -0.610. The smallest absolute Gasteiger partial charge is 0.131 e. The molecule has 0 radical (unpaired) electrons. The third-order valence-electron chi connectivity index (χ3n) is 3.92. The molecule has 2 heterocycles. The van der Waals surface area contributed by atoms with E-state index >= 15 is 0 Å². The van der Waals surface area contributed by atoms with Gasteiger partial charge in [-0.1, -0.05) is 13.8 Å². The van der Waals surface area contributed by atoms with E-state index in [1.807, 2.05) is 6.20 Å². The van der Waals surface area contributed by atoms with Gasteiger partial charge < -0.3 is 10.2 Å². The van der Waals surface area contributed by atoms with Crippen LogP contribution in [0.25, 0.3) is 0 Å². The molecule has 0 bridgehead atoms. The summed E-state index contributed by atoms with van der Waals surface area (Å²) in [5, 5.41) is 3.59. The van der Waals surface area contributed by atoms with E-state index in [4.69, 9.17) is 0 Å². The van der Waals surface area contributed by atoms with Gasteiger partial charge in [-0.15, -0.1) is 0 Å². The van der Waals surface area contributed by atoms with Gasteiger partial charge >= 0.3 is 0 Å². The number of rotatable bonds is 5. The maximum Gasteiger partial charge on any atom is 0.131 e. The molecule has 1 aromatic heterocycles. The SMILES string of the molecule is Cc1cc(Br)cnc1N1CCC(CNCC(C)C)CC1. The van der Waals surface area contributed by atoms with Gasteiger partial charge in [0, 0.05) is 23.8 Å². The van der Waals surface area contributed by atoms with Crippen LogP contribution in [0.4, 0.5) is 5.82 Å². The average Bonchev–Trinajstić information content (AvgIpc) is 2.39. The molecule has 0 aliphatic carbocycles. The summed E-state index contributed by atoms with van der Waals surface area (Å²) >= 11 is 3.48. The molecule has 2 rings (SSSR count). The summed E-state index contributed by atoms with van der Waals surface area (Å²) in [4.78, 5) is 7.01. The number of aromatic nitrogens is 1. The molecular formula is C16H26BrN3. The van der Waals surface area contributed by atoms with Crippen molar-refractivity contribution in [2.75, 3.05) is 31.1 Å². The summed E-state index contributed by atoms with van der Waals surface area (Å²) in [6.45, 7) is 11.2. The third kappa shape index (κ3) is 4.45. The van der Waals surface area contributed by atoms with Gasteiger partial charge in [0.2, 0.25) is 0 Å². The van der Waals surface area contributed by atoms with Crippen molar-refractivity contribution in [2.45, 2.75) is 33.6 Å². The topological polar surface area (TPSA) is 28.2 Å². The molecule has 112 valence electrons. The largest absolute Gasteiger partial charge is 0.356 e. The second-order valence-electron chi connectivity index (χ2n) is 6.28. The molecule has 0 spiro atoms. The first-order valence-electron chi connectivity index (χ1n) is 7.64. The fourth-order valence-corrected chi connectivity index (χ4v) is 3.24. The molecule has 0 amide bonds. The number of anilines is 1. The van der Waals surface area contributed by atoms with Crippen molar-refractivity contribution < 1.29 is 0 Å². The van der Waals surface area contributed by atoms with E-state index in [2.05, 4.69) is 58.0 Å². The monoisotopic (exact) mass is 339 g/mol. The van der Waals surface area contributed by atoms with Crippen LogP contribution in [0.5, 0.6) is 0 Å². The quantitative estimate of drug-likeness (QED) is 0.887. The summed E-state index contributed by atoms with van der Waals surface area (Å²) in [5.41, 5.74) is 1.26. The summed E-state index contributed by atoms with van der Waals surface area (Å²) in [7, 11) is 0. The minimum absolute atomic E-state index is 0.740. The van der Waals surface area contributed by atoms with Gasteiger partial charge in [0.25, 0.3) is 0 Å². The van der Waals surface area contributed by atoms with Crippen LogP contribution in [0, 0.1) is 18.8 Å². The normalized spacial score (nSPS) is 16.9. The van der Waals surface area contributed by atoms with Crippen molar-refractivity contribution >= 4 is 21.7 Å². The van der Waals surface area contributed by atoms with E-state index in [1.165, 1.54) is 24.9 Å². The molecule has 1 aromatic rings. The lowest BCUT2D eigenvalue weighted by atomic mass is 9.96. The highest BCUT2D eigenvalue weighted by atomic mass is 79.9. The summed E-state index contributed by atoms with van der Waals surface area (Å²) < 4.78 is 1.06. The molecule has 1 aliphatic heterocycles. The number of nitrogens with one attached hydrogen (secondary N) is 1. The number of hydrogen-bond donors (Lipinski definition) is 1. The zero-order valence-corrected chi connectivity index (χ0v) is 14.4. The number of hydrogen-bond acceptors (Lipinski definition) is 3. The number of pyridine rings is 1. The molecule has 0 aromatic carbocycles. The lowest BCUT2D eigenvalue weighted by molar-refractivity contribution is 0.373. The van der Waals surface area contributed by atoms with Gasteiger partial charge in [-0.2, -0.15) is 0 Å². The van der Waals surface area contributed by atoms with Crippen molar-refractivity contribution in [3.8, 4) is 0 Å². The van der Waals surface area contributed by atoms with Crippen LogP contribution in [0.3, 0.4) is 0 Å². The van der Waals surface area contributed by atoms with Crippen LogP contribution in [0.2, 0.25) is 0 Å². The highest BCUT2D eigenvalue weighted by Gasteiger charge is 2.21. The Kier molecular flexibility index (Phi) is 5.85. The fraction of sp³-hybridized carbons (Fsp3) is 0.688. The number of halogens is 1.